The molecule has 1 aliphatic heterocycles. The number of ether oxygens (including phenoxy) is 4. The van der Waals surface area contributed by atoms with Crippen LogP contribution in [0.1, 0.15) is 39.5 Å². The molecule has 0 amide bonds. The Bertz CT molecular complexity index is 1190. The minimum Gasteiger partial charge on any atom is -0.491 e. The Morgan fingerprint density at radius 3 is 2.43 bits per heavy atom. The van der Waals surface area contributed by atoms with Gasteiger partial charge in [0.25, 0.3) is 0 Å². The Hall–Kier alpha value is -2.95. The molecule has 7 N–H and O–H groups in total. The third kappa shape index (κ3) is 9.81. The van der Waals surface area contributed by atoms with E-state index < -0.39 is 37.3 Å². The highest BCUT2D eigenvalue weighted by Gasteiger charge is 2.44. The second-order valence-corrected chi connectivity index (χ2v) is 10.5. The van der Waals surface area contributed by atoms with E-state index in [1.807, 2.05) is 52.0 Å². The van der Waals surface area contributed by atoms with Gasteiger partial charge in [0.2, 0.25) is 0 Å². The van der Waals surface area contributed by atoms with Crippen molar-refractivity contribution in [1.82, 2.24) is 24.8 Å². The summed E-state index contributed by atoms with van der Waals surface area (Å²) in [4.78, 5) is 11.9. The zero-order valence-electron chi connectivity index (χ0n) is 24.5. The molecule has 2 aromatic heterocycles. The summed E-state index contributed by atoms with van der Waals surface area (Å²) in [6.45, 7) is 10.3. The van der Waals surface area contributed by atoms with Crippen molar-refractivity contribution in [3.8, 4) is 5.75 Å². The van der Waals surface area contributed by atoms with Gasteiger partial charge in [-0.3, -0.25) is 4.57 Å². The van der Waals surface area contributed by atoms with Gasteiger partial charge >= 0.3 is 0 Å². The van der Waals surface area contributed by atoms with Crippen molar-refractivity contribution in [3.63, 3.8) is 0 Å². The number of anilines is 1. The first-order valence-corrected chi connectivity index (χ1v) is 14.0. The topological polar surface area (TPSA) is 199 Å². The summed E-state index contributed by atoms with van der Waals surface area (Å²) in [7, 11) is 0. The third-order valence-corrected chi connectivity index (χ3v) is 6.25. The fourth-order valence-corrected chi connectivity index (χ4v) is 4.00. The number of rotatable bonds is 14. The number of benzene rings is 1. The lowest BCUT2D eigenvalue weighted by Crippen LogP contribution is -2.35. The van der Waals surface area contributed by atoms with Crippen LogP contribution in [-0.2, 0) is 20.8 Å². The lowest BCUT2D eigenvalue weighted by atomic mass is 10.1. The van der Waals surface area contributed by atoms with Gasteiger partial charge in [-0.25, -0.2) is 15.0 Å². The summed E-state index contributed by atoms with van der Waals surface area (Å²) in [6, 6.07) is 8.09. The van der Waals surface area contributed by atoms with Crippen LogP contribution in [0.15, 0.2) is 36.9 Å². The zero-order chi connectivity index (χ0) is 30.6. The molecule has 42 heavy (non-hydrogen) atoms. The molecule has 0 radical (unpaired) electrons. The van der Waals surface area contributed by atoms with Gasteiger partial charge in [-0.1, -0.05) is 26.0 Å². The van der Waals surface area contributed by atoms with Gasteiger partial charge in [0.1, 0.15) is 48.6 Å². The van der Waals surface area contributed by atoms with E-state index in [0.717, 1.165) is 11.3 Å². The van der Waals surface area contributed by atoms with Gasteiger partial charge in [-0.05, 0) is 31.5 Å². The van der Waals surface area contributed by atoms with E-state index in [9.17, 15) is 15.3 Å². The van der Waals surface area contributed by atoms with E-state index in [2.05, 4.69) is 20.3 Å². The molecule has 3 heterocycles. The molecule has 1 aliphatic rings. The van der Waals surface area contributed by atoms with E-state index in [1.165, 1.54) is 17.2 Å². The van der Waals surface area contributed by atoms with E-state index in [1.54, 1.807) is 0 Å². The molecule has 234 valence electrons. The van der Waals surface area contributed by atoms with Crippen LogP contribution in [-0.4, -0.2) is 109 Å². The second kappa shape index (κ2) is 16.6. The Labute approximate surface area is 245 Å². The quantitative estimate of drug-likeness (QED) is 0.141. The van der Waals surface area contributed by atoms with Crippen molar-refractivity contribution < 1.29 is 39.4 Å². The van der Waals surface area contributed by atoms with Crippen molar-refractivity contribution in [1.29, 1.82) is 0 Å². The maximum atomic E-state index is 9.95. The molecule has 4 rings (SSSR count). The number of nitrogen functional groups attached to an aromatic ring is 1. The normalized spacial score (nSPS) is 21.1. The first-order valence-electron chi connectivity index (χ1n) is 14.0. The van der Waals surface area contributed by atoms with Gasteiger partial charge in [0.15, 0.2) is 17.7 Å². The number of hydrogen-bond acceptors (Lipinski definition) is 13. The summed E-state index contributed by atoms with van der Waals surface area (Å²) >= 11 is 0. The van der Waals surface area contributed by atoms with Gasteiger partial charge in [-0.2, -0.15) is 0 Å². The van der Waals surface area contributed by atoms with Gasteiger partial charge < -0.3 is 50.4 Å². The largest absolute Gasteiger partial charge is 0.491 e. The number of imidazole rings is 1. The lowest BCUT2D eigenvalue weighted by molar-refractivity contribution is -0.0511. The molecule has 0 bridgehead atoms. The maximum Gasteiger partial charge on any atom is 0.167 e. The van der Waals surface area contributed by atoms with Crippen LogP contribution in [0.3, 0.4) is 0 Å². The predicted molar refractivity (Wildman–Crippen MR) is 155 cm³/mol. The molecule has 1 aromatic carbocycles. The number of nitrogens with two attached hydrogens (primary N) is 1. The Morgan fingerprint density at radius 2 is 1.79 bits per heavy atom. The summed E-state index contributed by atoms with van der Waals surface area (Å²) in [6.07, 6.45) is -1.70. The first kappa shape index (κ1) is 33.6. The number of nitrogens with zero attached hydrogens (tertiary/aromatic N) is 4. The van der Waals surface area contributed by atoms with E-state index >= 15 is 0 Å². The zero-order valence-corrected chi connectivity index (χ0v) is 24.5. The van der Waals surface area contributed by atoms with Crippen LogP contribution in [0.5, 0.6) is 5.75 Å². The number of nitrogens with one attached hydrogen (secondary N) is 1. The molecule has 1 fully saturated rings. The number of aliphatic hydroxyl groups excluding tert-OH is 4. The highest BCUT2D eigenvalue weighted by molar-refractivity contribution is 5.81. The van der Waals surface area contributed by atoms with Crippen LogP contribution in [0.2, 0.25) is 0 Å². The van der Waals surface area contributed by atoms with Crippen molar-refractivity contribution in [2.75, 3.05) is 38.7 Å². The molecular formula is C28H44N6O8. The average Bonchev–Trinajstić information content (AvgIpc) is 3.52. The molecule has 1 unspecified atom stereocenters. The summed E-state index contributed by atoms with van der Waals surface area (Å²) in [5, 5.41) is 41.7. The number of hydrogen-bond donors (Lipinski definition) is 6. The summed E-state index contributed by atoms with van der Waals surface area (Å²) < 4.78 is 23.4. The van der Waals surface area contributed by atoms with Crippen LogP contribution in [0.4, 0.5) is 5.82 Å². The van der Waals surface area contributed by atoms with E-state index in [-0.39, 0.29) is 18.5 Å². The predicted octanol–water partition coefficient (Wildman–Crippen LogP) is 0.386. The second-order valence-electron chi connectivity index (χ2n) is 10.5. The highest BCUT2D eigenvalue weighted by atomic mass is 16.6. The Balaban J connectivity index is 0.000000234. The smallest absolute Gasteiger partial charge is 0.167 e. The lowest BCUT2D eigenvalue weighted by Gasteiger charge is -2.16. The molecule has 3 aromatic rings. The molecule has 5 atom stereocenters. The van der Waals surface area contributed by atoms with Crippen LogP contribution < -0.4 is 15.8 Å². The number of aliphatic hydroxyl groups is 4. The molecule has 0 aliphatic carbocycles. The van der Waals surface area contributed by atoms with Crippen LogP contribution in [0, 0.1) is 0 Å². The van der Waals surface area contributed by atoms with Gasteiger partial charge in [-0.15, -0.1) is 0 Å². The Kier molecular flexibility index (Phi) is 13.3. The molecule has 0 spiro atoms. The summed E-state index contributed by atoms with van der Waals surface area (Å²) in [5.41, 5.74) is 7.53. The van der Waals surface area contributed by atoms with E-state index in [0.29, 0.717) is 43.6 Å². The van der Waals surface area contributed by atoms with Crippen molar-refractivity contribution >= 4 is 17.0 Å². The fraction of sp³-hybridized carbons (Fsp3) is 0.607. The van der Waals surface area contributed by atoms with Crippen molar-refractivity contribution in [3.05, 3.63) is 42.5 Å². The molecule has 1 saturated heterocycles. The van der Waals surface area contributed by atoms with Gasteiger partial charge in [0, 0.05) is 12.6 Å². The maximum absolute atomic E-state index is 9.95. The van der Waals surface area contributed by atoms with Crippen LogP contribution >= 0.6 is 0 Å². The third-order valence-electron chi connectivity index (χ3n) is 6.25. The van der Waals surface area contributed by atoms with Crippen LogP contribution in [0.25, 0.3) is 11.2 Å². The fourth-order valence-electron chi connectivity index (χ4n) is 4.00. The number of fused-ring (bicyclic) bond motifs is 1. The van der Waals surface area contributed by atoms with E-state index in [4.69, 9.17) is 29.8 Å². The SMILES string of the molecule is CC(C)NCC(O)COc1ccc(COCCOC(C)C)cc1.Nc1ncnc2c1ncn2[C@@H]1O[C@H](CO)[C@@H](O)[C@H]1O. The molecule has 14 nitrogen and oxygen atoms in total. The van der Waals surface area contributed by atoms with Gasteiger partial charge in [0.05, 0.1) is 38.9 Å². The Morgan fingerprint density at radius 1 is 1.05 bits per heavy atom. The minimum absolute atomic E-state index is 0.218. The standard InChI is InChI=1S/C18H31NO4.C10H13N5O4/c1-14(2)19-11-17(20)13-23-18-7-5-16(6-8-18)12-21-9-10-22-15(3)4;11-8-5-9(13-2-12-8)15(3-14-5)10-7(18)6(17)4(1-16)19-10/h5-8,14-15,17,19-20H,9-13H2,1-4H3;2-4,6-7,10,16-18H,1H2,(H2,11,12,13)/t;4-,6-,7-,10-/m.1/s1. The average molecular weight is 593 g/mol. The summed E-state index contributed by atoms with van der Waals surface area (Å²) in [5.74, 6) is 0.969. The highest BCUT2D eigenvalue weighted by Crippen LogP contribution is 2.31. The molecular weight excluding hydrogens is 548 g/mol. The van der Waals surface area contributed by atoms with Crippen molar-refractivity contribution in [2.45, 2.75) is 77.1 Å². The molecule has 0 saturated carbocycles. The minimum atomic E-state index is -1.19. The van der Waals surface area contributed by atoms with Crippen molar-refractivity contribution in [2.24, 2.45) is 0 Å². The monoisotopic (exact) mass is 592 g/mol. The number of aromatic nitrogens is 4. The molecule has 14 heteroatoms. The first-order chi connectivity index (χ1) is 20.1.